The van der Waals surface area contributed by atoms with Gasteiger partial charge in [0.1, 0.15) is 0 Å². The van der Waals surface area contributed by atoms with Crippen LogP contribution < -0.4 is 9.80 Å². The zero-order chi connectivity index (χ0) is 16.2. The van der Waals surface area contributed by atoms with Crippen molar-refractivity contribution in [2.45, 2.75) is 13.8 Å². The second-order valence-corrected chi connectivity index (χ2v) is 6.32. The molecule has 2 saturated heterocycles. The molecule has 0 bridgehead atoms. The van der Waals surface area contributed by atoms with Gasteiger partial charge >= 0.3 is 0 Å². The van der Waals surface area contributed by atoms with E-state index in [9.17, 15) is 4.79 Å². The van der Waals surface area contributed by atoms with Crippen LogP contribution >= 0.6 is 0 Å². The number of hydrogen-bond donors (Lipinski definition) is 0. The highest BCUT2D eigenvalue weighted by molar-refractivity contribution is 5.78. The Hall–Kier alpha value is -1.89. The maximum absolute atomic E-state index is 12.0. The summed E-state index contributed by atoms with van der Waals surface area (Å²) >= 11 is 0. The van der Waals surface area contributed by atoms with Crippen LogP contribution in [0.3, 0.4) is 0 Å². The SMILES string of the molecule is CC(C)C(=O)N1CCN(c2ccc(N3CCOCC3)nn2)CC1. The van der Waals surface area contributed by atoms with E-state index in [1.807, 2.05) is 30.9 Å². The number of ether oxygens (including phenoxy) is 1. The third-order valence-electron chi connectivity index (χ3n) is 4.38. The van der Waals surface area contributed by atoms with Gasteiger partial charge in [-0.05, 0) is 12.1 Å². The molecule has 0 aromatic carbocycles. The van der Waals surface area contributed by atoms with Gasteiger partial charge in [-0.3, -0.25) is 4.79 Å². The number of carbonyl (C=O) groups is 1. The van der Waals surface area contributed by atoms with Crippen molar-refractivity contribution in [3.8, 4) is 0 Å². The van der Waals surface area contributed by atoms with Crippen molar-refractivity contribution in [2.75, 3.05) is 62.3 Å². The molecule has 0 unspecified atom stereocenters. The first-order valence-corrected chi connectivity index (χ1v) is 8.35. The van der Waals surface area contributed by atoms with Crippen LogP contribution in [0.1, 0.15) is 13.8 Å². The first-order valence-electron chi connectivity index (χ1n) is 8.35. The molecule has 0 spiro atoms. The molecule has 0 saturated carbocycles. The molecular weight excluding hydrogens is 294 g/mol. The van der Waals surface area contributed by atoms with Crippen LogP contribution in [0.25, 0.3) is 0 Å². The minimum absolute atomic E-state index is 0.0640. The first-order chi connectivity index (χ1) is 11.1. The van der Waals surface area contributed by atoms with Crippen molar-refractivity contribution in [1.82, 2.24) is 15.1 Å². The molecule has 0 atom stereocenters. The van der Waals surface area contributed by atoms with Crippen LogP contribution in [0.5, 0.6) is 0 Å². The maximum atomic E-state index is 12.0. The van der Waals surface area contributed by atoms with Crippen LogP contribution in [0, 0.1) is 5.92 Å². The largest absolute Gasteiger partial charge is 0.378 e. The maximum Gasteiger partial charge on any atom is 0.225 e. The molecule has 7 nitrogen and oxygen atoms in total. The summed E-state index contributed by atoms with van der Waals surface area (Å²) in [5, 5.41) is 8.73. The van der Waals surface area contributed by atoms with Crippen molar-refractivity contribution in [3.05, 3.63) is 12.1 Å². The fraction of sp³-hybridized carbons (Fsp3) is 0.688. The number of anilines is 2. The predicted molar refractivity (Wildman–Crippen MR) is 88.7 cm³/mol. The molecule has 1 aromatic heterocycles. The van der Waals surface area contributed by atoms with Gasteiger partial charge in [0, 0.05) is 45.2 Å². The zero-order valence-electron chi connectivity index (χ0n) is 13.9. The lowest BCUT2D eigenvalue weighted by Gasteiger charge is -2.36. The summed E-state index contributed by atoms with van der Waals surface area (Å²) in [7, 11) is 0. The van der Waals surface area contributed by atoms with E-state index in [1.54, 1.807) is 0 Å². The van der Waals surface area contributed by atoms with Crippen LogP contribution in [0.4, 0.5) is 11.6 Å². The average Bonchev–Trinajstić information content (AvgIpc) is 2.62. The second kappa shape index (κ2) is 7.12. The first kappa shape index (κ1) is 16.0. The Labute approximate surface area is 137 Å². The van der Waals surface area contributed by atoms with Gasteiger partial charge in [-0.1, -0.05) is 13.8 Å². The number of nitrogens with zero attached hydrogens (tertiary/aromatic N) is 5. The monoisotopic (exact) mass is 319 g/mol. The van der Waals surface area contributed by atoms with Crippen LogP contribution in [-0.4, -0.2) is 73.5 Å². The molecule has 1 aromatic rings. The van der Waals surface area contributed by atoms with E-state index >= 15 is 0 Å². The molecule has 23 heavy (non-hydrogen) atoms. The molecular formula is C16H25N5O2. The summed E-state index contributed by atoms with van der Waals surface area (Å²) < 4.78 is 5.36. The van der Waals surface area contributed by atoms with Gasteiger partial charge in [0.2, 0.25) is 5.91 Å². The van der Waals surface area contributed by atoms with Crippen molar-refractivity contribution in [1.29, 1.82) is 0 Å². The van der Waals surface area contributed by atoms with Gasteiger partial charge in [0.25, 0.3) is 0 Å². The van der Waals surface area contributed by atoms with E-state index in [2.05, 4.69) is 20.0 Å². The van der Waals surface area contributed by atoms with Gasteiger partial charge < -0.3 is 19.4 Å². The Morgan fingerprint density at radius 3 is 1.96 bits per heavy atom. The van der Waals surface area contributed by atoms with Crippen molar-refractivity contribution < 1.29 is 9.53 Å². The standard InChI is InChI=1S/C16H25N5O2/c1-13(2)16(22)21-7-5-19(6-8-21)14-3-4-15(18-17-14)20-9-11-23-12-10-20/h3-4,13H,5-12H2,1-2H3. The van der Waals surface area contributed by atoms with Crippen molar-refractivity contribution >= 4 is 17.5 Å². The number of amides is 1. The lowest BCUT2D eigenvalue weighted by Crippen LogP contribution is -2.50. The van der Waals surface area contributed by atoms with Crippen LogP contribution in [-0.2, 0) is 9.53 Å². The number of piperazine rings is 1. The van der Waals surface area contributed by atoms with Crippen molar-refractivity contribution in [3.63, 3.8) is 0 Å². The van der Waals surface area contributed by atoms with Gasteiger partial charge in [0.15, 0.2) is 11.6 Å². The van der Waals surface area contributed by atoms with E-state index in [0.717, 1.165) is 64.1 Å². The molecule has 126 valence electrons. The van der Waals surface area contributed by atoms with Gasteiger partial charge in [-0.2, -0.15) is 0 Å². The molecule has 0 radical (unpaired) electrons. The molecule has 0 N–H and O–H groups in total. The number of aromatic nitrogens is 2. The lowest BCUT2D eigenvalue weighted by molar-refractivity contribution is -0.134. The minimum atomic E-state index is 0.0640. The fourth-order valence-electron chi connectivity index (χ4n) is 2.97. The van der Waals surface area contributed by atoms with E-state index in [0.29, 0.717) is 0 Å². The average molecular weight is 319 g/mol. The summed E-state index contributed by atoms with van der Waals surface area (Å²) in [6.07, 6.45) is 0. The fourth-order valence-corrected chi connectivity index (χ4v) is 2.97. The lowest BCUT2D eigenvalue weighted by atomic mass is 10.1. The van der Waals surface area contributed by atoms with Crippen molar-refractivity contribution in [2.24, 2.45) is 5.92 Å². The number of carbonyl (C=O) groups excluding carboxylic acids is 1. The molecule has 7 heteroatoms. The minimum Gasteiger partial charge on any atom is -0.378 e. The second-order valence-electron chi connectivity index (χ2n) is 6.32. The summed E-state index contributed by atoms with van der Waals surface area (Å²) in [6, 6.07) is 4.05. The Morgan fingerprint density at radius 1 is 0.957 bits per heavy atom. The summed E-state index contributed by atoms with van der Waals surface area (Å²) in [4.78, 5) is 18.4. The molecule has 2 fully saturated rings. The van der Waals surface area contributed by atoms with Gasteiger partial charge in [-0.25, -0.2) is 0 Å². The third kappa shape index (κ3) is 3.72. The quantitative estimate of drug-likeness (QED) is 0.814. The topological polar surface area (TPSA) is 61.8 Å². The number of hydrogen-bond acceptors (Lipinski definition) is 6. The molecule has 3 heterocycles. The van der Waals surface area contributed by atoms with Crippen LogP contribution in [0.2, 0.25) is 0 Å². The molecule has 0 aliphatic carbocycles. The Morgan fingerprint density at radius 2 is 1.48 bits per heavy atom. The summed E-state index contributed by atoms with van der Waals surface area (Å²) in [5.74, 6) is 2.09. The smallest absolute Gasteiger partial charge is 0.225 e. The van der Waals surface area contributed by atoms with E-state index < -0.39 is 0 Å². The highest BCUT2D eigenvalue weighted by Gasteiger charge is 2.23. The molecule has 2 aliphatic heterocycles. The Kier molecular flexibility index (Phi) is 4.95. The third-order valence-corrected chi connectivity index (χ3v) is 4.38. The highest BCUT2D eigenvalue weighted by Crippen LogP contribution is 2.18. The molecule has 2 aliphatic rings. The number of rotatable bonds is 3. The van der Waals surface area contributed by atoms with Crippen LogP contribution in [0.15, 0.2) is 12.1 Å². The normalized spacial score (nSPS) is 19.3. The van der Waals surface area contributed by atoms with Gasteiger partial charge in [-0.15, -0.1) is 10.2 Å². The Bertz CT molecular complexity index is 520. The summed E-state index contributed by atoms with van der Waals surface area (Å²) in [5.41, 5.74) is 0. The Balaban J connectivity index is 1.57. The van der Waals surface area contributed by atoms with E-state index in [4.69, 9.17) is 4.74 Å². The predicted octanol–water partition coefficient (Wildman–Crippen LogP) is 0.618. The van der Waals surface area contributed by atoms with E-state index in [-0.39, 0.29) is 11.8 Å². The summed E-state index contributed by atoms with van der Waals surface area (Å²) in [6.45, 7) is 10.2. The van der Waals surface area contributed by atoms with E-state index in [1.165, 1.54) is 0 Å². The zero-order valence-corrected chi connectivity index (χ0v) is 13.9. The molecule has 3 rings (SSSR count). The number of morpholine rings is 1. The molecule has 1 amide bonds. The van der Waals surface area contributed by atoms with Gasteiger partial charge in [0.05, 0.1) is 13.2 Å². The highest BCUT2D eigenvalue weighted by atomic mass is 16.5.